The maximum absolute atomic E-state index is 5.87. The van der Waals surface area contributed by atoms with E-state index in [0.29, 0.717) is 0 Å². The summed E-state index contributed by atoms with van der Waals surface area (Å²) in [6, 6.07) is 8.05. The molecule has 0 heterocycles. The number of hydrogen-bond acceptors (Lipinski definition) is 4. The third kappa shape index (κ3) is 2.91. The molecule has 0 saturated heterocycles. The van der Waals surface area contributed by atoms with Crippen LogP contribution >= 0.6 is 0 Å². The van der Waals surface area contributed by atoms with E-state index in [4.69, 9.17) is 15.3 Å². The molecule has 1 aliphatic carbocycles. The molecule has 0 radical (unpaired) electrons. The van der Waals surface area contributed by atoms with Gasteiger partial charge in [-0.2, -0.15) is 0 Å². The quantitative estimate of drug-likeness (QED) is 0.634. The summed E-state index contributed by atoms with van der Waals surface area (Å²) in [6.07, 6.45) is 5.77. The van der Waals surface area contributed by atoms with Crippen molar-refractivity contribution in [1.82, 2.24) is 5.43 Å². The van der Waals surface area contributed by atoms with Gasteiger partial charge < -0.3 is 9.47 Å². The Hall–Kier alpha value is -1.10. The average Bonchev–Trinajstić information content (AvgIpc) is 2.49. The maximum Gasteiger partial charge on any atom is 0.118 e. The van der Waals surface area contributed by atoms with E-state index in [2.05, 4.69) is 17.6 Å². The Morgan fingerprint density at radius 3 is 2.21 bits per heavy atom. The monoisotopic (exact) mass is 264 g/mol. The fraction of sp³-hybridized carbons (Fsp3) is 0.600. The summed E-state index contributed by atoms with van der Waals surface area (Å²) in [6.45, 7) is 0. The van der Waals surface area contributed by atoms with E-state index < -0.39 is 0 Å². The van der Waals surface area contributed by atoms with Gasteiger partial charge in [0.2, 0.25) is 0 Å². The fourth-order valence-electron chi connectivity index (χ4n) is 3.11. The lowest BCUT2D eigenvalue weighted by molar-refractivity contribution is -0.0688. The largest absolute Gasteiger partial charge is 0.497 e. The second-order valence-corrected chi connectivity index (χ2v) is 5.20. The Labute approximate surface area is 115 Å². The van der Waals surface area contributed by atoms with Crippen molar-refractivity contribution in [2.24, 2.45) is 5.84 Å². The molecule has 1 aliphatic rings. The highest BCUT2D eigenvalue weighted by atomic mass is 16.5. The third-order valence-electron chi connectivity index (χ3n) is 4.25. The standard InChI is InChI=1S/C15H24N2O2/c1-18-13-8-6-12(7-9-13)14(17-16)15(19-2)10-4-3-5-11-15/h6-9,14,17H,3-5,10-11,16H2,1-2H3. The van der Waals surface area contributed by atoms with Gasteiger partial charge >= 0.3 is 0 Å². The van der Waals surface area contributed by atoms with Crippen LogP contribution in [0.25, 0.3) is 0 Å². The van der Waals surface area contributed by atoms with Crippen molar-refractivity contribution >= 4 is 0 Å². The molecule has 0 aliphatic heterocycles. The molecule has 1 atom stereocenters. The topological polar surface area (TPSA) is 56.5 Å². The van der Waals surface area contributed by atoms with Crippen molar-refractivity contribution in [3.05, 3.63) is 29.8 Å². The van der Waals surface area contributed by atoms with Crippen molar-refractivity contribution in [2.75, 3.05) is 14.2 Å². The summed E-state index contributed by atoms with van der Waals surface area (Å²) in [4.78, 5) is 0. The summed E-state index contributed by atoms with van der Waals surface area (Å²) in [5, 5.41) is 0. The van der Waals surface area contributed by atoms with Crippen LogP contribution in [0.2, 0.25) is 0 Å². The third-order valence-corrected chi connectivity index (χ3v) is 4.25. The molecule has 1 aromatic carbocycles. The zero-order valence-corrected chi connectivity index (χ0v) is 11.8. The molecule has 1 saturated carbocycles. The minimum absolute atomic E-state index is 0.0173. The number of methoxy groups -OCH3 is 2. The number of ether oxygens (including phenoxy) is 2. The molecule has 19 heavy (non-hydrogen) atoms. The van der Waals surface area contributed by atoms with Crippen LogP contribution in [-0.4, -0.2) is 19.8 Å². The van der Waals surface area contributed by atoms with Gasteiger partial charge in [-0.3, -0.25) is 11.3 Å². The Morgan fingerprint density at radius 1 is 1.11 bits per heavy atom. The molecule has 0 bridgehead atoms. The van der Waals surface area contributed by atoms with Gasteiger partial charge in [0.1, 0.15) is 5.75 Å². The zero-order chi connectivity index (χ0) is 13.7. The van der Waals surface area contributed by atoms with Gasteiger partial charge in [0.05, 0.1) is 18.8 Å². The van der Waals surface area contributed by atoms with Gasteiger partial charge in [-0.1, -0.05) is 31.4 Å². The van der Waals surface area contributed by atoms with Crippen LogP contribution in [-0.2, 0) is 4.74 Å². The second kappa shape index (κ2) is 6.37. The number of nitrogens with one attached hydrogen (secondary N) is 1. The second-order valence-electron chi connectivity index (χ2n) is 5.20. The van der Waals surface area contributed by atoms with Crippen LogP contribution in [0.15, 0.2) is 24.3 Å². The first-order valence-corrected chi connectivity index (χ1v) is 6.91. The molecule has 3 N–H and O–H groups in total. The van der Waals surface area contributed by atoms with Crippen molar-refractivity contribution in [3.8, 4) is 5.75 Å². The number of benzene rings is 1. The molecule has 106 valence electrons. The van der Waals surface area contributed by atoms with Gasteiger partial charge in [0.25, 0.3) is 0 Å². The van der Waals surface area contributed by atoms with Crippen LogP contribution in [0.3, 0.4) is 0 Å². The van der Waals surface area contributed by atoms with Gasteiger partial charge in [0, 0.05) is 7.11 Å². The van der Waals surface area contributed by atoms with E-state index in [0.717, 1.165) is 24.2 Å². The lowest BCUT2D eigenvalue weighted by Gasteiger charge is -2.42. The minimum atomic E-state index is -0.193. The van der Waals surface area contributed by atoms with Crippen molar-refractivity contribution in [2.45, 2.75) is 43.7 Å². The maximum atomic E-state index is 5.87. The van der Waals surface area contributed by atoms with Gasteiger partial charge in [-0.05, 0) is 30.5 Å². The summed E-state index contributed by atoms with van der Waals surface area (Å²) in [7, 11) is 3.46. The molecular weight excluding hydrogens is 240 g/mol. The van der Waals surface area contributed by atoms with Crippen LogP contribution in [0.1, 0.15) is 43.7 Å². The first-order valence-electron chi connectivity index (χ1n) is 6.91. The molecule has 4 heteroatoms. The molecule has 0 aromatic heterocycles. The first kappa shape index (κ1) is 14.3. The Balaban J connectivity index is 2.25. The van der Waals surface area contributed by atoms with Gasteiger partial charge in [-0.25, -0.2) is 0 Å². The van der Waals surface area contributed by atoms with E-state index >= 15 is 0 Å². The molecule has 0 amide bonds. The van der Waals surface area contributed by atoms with Crippen molar-refractivity contribution in [1.29, 1.82) is 0 Å². The summed E-state index contributed by atoms with van der Waals surface area (Å²) in [5.74, 6) is 6.66. The molecule has 0 spiro atoms. The van der Waals surface area contributed by atoms with E-state index in [1.54, 1.807) is 14.2 Å². The van der Waals surface area contributed by atoms with E-state index in [1.165, 1.54) is 19.3 Å². The molecule has 4 nitrogen and oxygen atoms in total. The normalized spacial score (nSPS) is 19.9. The number of rotatable bonds is 5. The molecule has 1 aromatic rings. The van der Waals surface area contributed by atoms with Crippen LogP contribution < -0.4 is 16.0 Å². The molecule has 1 unspecified atom stereocenters. The van der Waals surface area contributed by atoms with Crippen molar-refractivity contribution < 1.29 is 9.47 Å². The predicted molar refractivity (Wildman–Crippen MR) is 75.9 cm³/mol. The average molecular weight is 264 g/mol. The molecule has 1 fully saturated rings. The highest BCUT2D eigenvalue weighted by Gasteiger charge is 2.40. The Bertz CT molecular complexity index is 386. The number of nitrogens with two attached hydrogens (primary N) is 1. The Kier molecular flexibility index (Phi) is 4.80. The highest BCUT2D eigenvalue weighted by Crippen LogP contribution is 2.40. The van der Waals surface area contributed by atoms with E-state index in [9.17, 15) is 0 Å². The van der Waals surface area contributed by atoms with E-state index in [1.807, 2.05) is 12.1 Å². The molecular formula is C15H24N2O2. The summed E-state index contributed by atoms with van der Waals surface area (Å²) >= 11 is 0. The fourth-order valence-corrected chi connectivity index (χ4v) is 3.11. The van der Waals surface area contributed by atoms with Crippen LogP contribution in [0, 0.1) is 0 Å². The lowest BCUT2D eigenvalue weighted by atomic mass is 9.77. The van der Waals surface area contributed by atoms with Crippen LogP contribution in [0.5, 0.6) is 5.75 Å². The van der Waals surface area contributed by atoms with Gasteiger partial charge in [-0.15, -0.1) is 0 Å². The van der Waals surface area contributed by atoms with Crippen molar-refractivity contribution in [3.63, 3.8) is 0 Å². The van der Waals surface area contributed by atoms with E-state index in [-0.39, 0.29) is 11.6 Å². The van der Waals surface area contributed by atoms with Crippen LogP contribution in [0.4, 0.5) is 0 Å². The highest BCUT2D eigenvalue weighted by molar-refractivity contribution is 5.30. The minimum Gasteiger partial charge on any atom is -0.497 e. The SMILES string of the molecule is COc1ccc(C(NN)C2(OC)CCCCC2)cc1. The summed E-state index contributed by atoms with van der Waals surface area (Å²) in [5.41, 5.74) is 3.90. The lowest BCUT2D eigenvalue weighted by Crippen LogP contribution is -2.49. The van der Waals surface area contributed by atoms with Gasteiger partial charge in [0.15, 0.2) is 0 Å². The number of hydrogen-bond donors (Lipinski definition) is 2. The first-order chi connectivity index (χ1) is 9.25. The number of hydrazine groups is 1. The molecule has 2 rings (SSSR count). The predicted octanol–water partition coefficient (Wildman–Crippen LogP) is 2.55. The Morgan fingerprint density at radius 2 is 1.74 bits per heavy atom. The smallest absolute Gasteiger partial charge is 0.118 e. The zero-order valence-electron chi connectivity index (χ0n) is 11.8. The summed E-state index contributed by atoms with van der Waals surface area (Å²) < 4.78 is 11.1.